The van der Waals surface area contributed by atoms with E-state index in [4.69, 9.17) is 9.47 Å². The maximum absolute atomic E-state index is 11.6. The van der Waals surface area contributed by atoms with E-state index < -0.39 is 0 Å². The first-order valence-corrected chi connectivity index (χ1v) is 5.53. The molecule has 1 heterocycles. The summed E-state index contributed by atoms with van der Waals surface area (Å²) in [6.07, 6.45) is 0.835. The van der Waals surface area contributed by atoms with E-state index in [1.54, 1.807) is 12.0 Å². The van der Waals surface area contributed by atoms with E-state index in [2.05, 4.69) is 6.92 Å². The van der Waals surface area contributed by atoms with Crippen molar-refractivity contribution in [3.05, 3.63) is 0 Å². The van der Waals surface area contributed by atoms with Gasteiger partial charge in [0, 0.05) is 13.7 Å². The Hall–Kier alpha value is -0.770. The van der Waals surface area contributed by atoms with Crippen LogP contribution in [0.5, 0.6) is 0 Å². The summed E-state index contributed by atoms with van der Waals surface area (Å²) in [6.45, 7) is 7.28. The van der Waals surface area contributed by atoms with Crippen LogP contribution in [0.1, 0.15) is 27.2 Å². The number of nitrogens with zero attached hydrogens (tertiary/aromatic N) is 1. The van der Waals surface area contributed by atoms with E-state index in [-0.39, 0.29) is 18.3 Å². The highest BCUT2D eigenvalue weighted by Gasteiger charge is 2.29. The molecular formula is C11H21NO3. The van der Waals surface area contributed by atoms with Crippen LogP contribution in [0.4, 0.5) is 4.79 Å². The zero-order chi connectivity index (χ0) is 11.4. The molecule has 0 aromatic heterocycles. The summed E-state index contributed by atoms with van der Waals surface area (Å²) in [5, 5.41) is 0. The smallest absolute Gasteiger partial charge is 0.410 e. The summed E-state index contributed by atoms with van der Waals surface area (Å²) < 4.78 is 10.5. The molecule has 0 aromatic rings. The van der Waals surface area contributed by atoms with E-state index in [1.165, 1.54) is 0 Å². The van der Waals surface area contributed by atoms with Crippen molar-refractivity contribution < 1.29 is 14.3 Å². The van der Waals surface area contributed by atoms with Crippen molar-refractivity contribution in [3.8, 4) is 0 Å². The quantitative estimate of drug-likeness (QED) is 0.706. The molecule has 1 aliphatic heterocycles. The minimum Gasteiger partial charge on any atom is -0.447 e. The number of likely N-dealkylation sites (tertiary alicyclic amines) is 1. The lowest BCUT2D eigenvalue weighted by Crippen LogP contribution is -2.47. The Bertz CT molecular complexity index is 218. The minimum atomic E-state index is -0.223. The number of carbonyl (C=O) groups excluding carboxylic acids is 1. The summed E-state index contributed by atoms with van der Waals surface area (Å²) >= 11 is 0. The van der Waals surface area contributed by atoms with Crippen LogP contribution in [0.3, 0.4) is 0 Å². The van der Waals surface area contributed by atoms with Gasteiger partial charge in [-0.3, -0.25) is 0 Å². The highest BCUT2D eigenvalue weighted by Crippen LogP contribution is 2.20. The van der Waals surface area contributed by atoms with Gasteiger partial charge < -0.3 is 14.4 Å². The molecule has 15 heavy (non-hydrogen) atoms. The fraction of sp³-hybridized carbons (Fsp3) is 0.909. The Balaban J connectivity index is 2.47. The molecule has 0 radical (unpaired) electrons. The molecular weight excluding hydrogens is 194 g/mol. The van der Waals surface area contributed by atoms with Crippen molar-refractivity contribution >= 4 is 6.09 Å². The monoisotopic (exact) mass is 215 g/mol. The first-order valence-electron chi connectivity index (χ1n) is 5.53. The summed E-state index contributed by atoms with van der Waals surface area (Å²) in [5.74, 6) is 0.512. The molecule has 0 aromatic carbocycles. The number of ether oxygens (including phenoxy) is 2. The zero-order valence-electron chi connectivity index (χ0n) is 10.0. The number of hydrogen-bond acceptors (Lipinski definition) is 3. The van der Waals surface area contributed by atoms with Crippen molar-refractivity contribution in [1.29, 1.82) is 0 Å². The van der Waals surface area contributed by atoms with E-state index in [1.807, 2.05) is 13.8 Å². The van der Waals surface area contributed by atoms with E-state index in [9.17, 15) is 4.79 Å². The number of methoxy groups -OCH3 is 1. The summed E-state index contributed by atoms with van der Waals surface area (Å²) in [6, 6.07) is 0. The van der Waals surface area contributed by atoms with E-state index in [0.717, 1.165) is 13.0 Å². The zero-order valence-corrected chi connectivity index (χ0v) is 10.0. The van der Waals surface area contributed by atoms with Gasteiger partial charge in [0.05, 0.1) is 18.8 Å². The Kier molecular flexibility index (Phi) is 4.39. The standard InChI is InChI=1S/C11H21NO3/c1-8(2)15-11(13)12-6-5-9(3)10(7-12)14-4/h8-10H,5-7H2,1-4H3. The Labute approximate surface area is 91.5 Å². The molecule has 0 saturated carbocycles. The fourth-order valence-electron chi connectivity index (χ4n) is 1.78. The second-order valence-electron chi connectivity index (χ2n) is 4.42. The second-order valence-corrected chi connectivity index (χ2v) is 4.42. The second kappa shape index (κ2) is 5.35. The molecule has 1 saturated heterocycles. The Morgan fingerprint density at radius 1 is 1.47 bits per heavy atom. The highest BCUT2D eigenvalue weighted by molar-refractivity contribution is 5.67. The third kappa shape index (κ3) is 3.38. The molecule has 2 unspecified atom stereocenters. The van der Waals surface area contributed by atoms with Crippen molar-refractivity contribution in [2.24, 2.45) is 5.92 Å². The van der Waals surface area contributed by atoms with E-state index in [0.29, 0.717) is 12.5 Å². The van der Waals surface area contributed by atoms with Gasteiger partial charge in [-0.2, -0.15) is 0 Å². The van der Waals surface area contributed by atoms with Crippen LogP contribution >= 0.6 is 0 Å². The van der Waals surface area contributed by atoms with Gasteiger partial charge >= 0.3 is 6.09 Å². The summed E-state index contributed by atoms with van der Waals surface area (Å²) in [7, 11) is 1.69. The van der Waals surface area contributed by atoms with Crippen LogP contribution in [0.2, 0.25) is 0 Å². The topological polar surface area (TPSA) is 38.8 Å². The van der Waals surface area contributed by atoms with Crippen LogP contribution < -0.4 is 0 Å². The fourth-order valence-corrected chi connectivity index (χ4v) is 1.78. The van der Waals surface area contributed by atoms with Gasteiger partial charge in [-0.15, -0.1) is 0 Å². The molecule has 4 nitrogen and oxygen atoms in total. The number of hydrogen-bond donors (Lipinski definition) is 0. The lowest BCUT2D eigenvalue weighted by Gasteiger charge is -2.35. The first-order chi connectivity index (χ1) is 7.04. The van der Waals surface area contributed by atoms with Crippen LogP contribution in [0.25, 0.3) is 0 Å². The van der Waals surface area contributed by atoms with Crippen molar-refractivity contribution in [2.45, 2.75) is 39.4 Å². The minimum absolute atomic E-state index is 0.0576. The molecule has 2 atom stereocenters. The van der Waals surface area contributed by atoms with Gasteiger partial charge in [0.15, 0.2) is 0 Å². The molecule has 1 amide bonds. The van der Waals surface area contributed by atoms with E-state index >= 15 is 0 Å². The predicted octanol–water partition coefficient (Wildman–Crippen LogP) is 1.89. The number of rotatable bonds is 2. The van der Waals surface area contributed by atoms with Gasteiger partial charge in [-0.1, -0.05) is 6.92 Å². The van der Waals surface area contributed by atoms with Gasteiger partial charge in [0.1, 0.15) is 0 Å². The number of amides is 1. The Morgan fingerprint density at radius 3 is 2.67 bits per heavy atom. The molecule has 0 bridgehead atoms. The van der Waals surface area contributed by atoms with Gasteiger partial charge in [0.2, 0.25) is 0 Å². The third-order valence-corrected chi connectivity index (χ3v) is 2.79. The third-order valence-electron chi connectivity index (χ3n) is 2.79. The largest absolute Gasteiger partial charge is 0.447 e. The van der Waals surface area contributed by atoms with Crippen LogP contribution in [0, 0.1) is 5.92 Å². The molecule has 88 valence electrons. The summed E-state index contributed by atoms with van der Waals surface area (Å²) in [5.41, 5.74) is 0. The van der Waals surface area contributed by atoms with Crippen molar-refractivity contribution in [2.75, 3.05) is 20.2 Å². The maximum atomic E-state index is 11.6. The lowest BCUT2D eigenvalue weighted by molar-refractivity contribution is -0.0108. The molecule has 0 aliphatic carbocycles. The molecule has 1 fully saturated rings. The highest BCUT2D eigenvalue weighted by atomic mass is 16.6. The average molecular weight is 215 g/mol. The van der Waals surface area contributed by atoms with Crippen molar-refractivity contribution in [3.63, 3.8) is 0 Å². The first kappa shape index (κ1) is 12.3. The molecule has 1 rings (SSSR count). The molecule has 4 heteroatoms. The Morgan fingerprint density at radius 2 is 2.13 bits per heavy atom. The SMILES string of the molecule is COC1CN(C(=O)OC(C)C)CCC1C. The van der Waals surface area contributed by atoms with Gasteiger partial charge in [0.25, 0.3) is 0 Å². The molecule has 0 N–H and O–H groups in total. The lowest BCUT2D eigenvalue weighted by atomic mass is 9.96. The average Bonchev–Trinajstić information content (AvgIpc) is 2.17. The predicted molar refractivity (Wildman–Crippen MR) is 57.8 cm³/mol. The normalized spacial score (nSPS) is 26.9. The number of piperidine rings is 1. The van der Waals surface area contributed by atoms with Gasteiger partial charge in [-0.05, 0) is 26.2 Å². The van der Waals surface area contributed by atoms with Crippen LogP contribution in [0.15, 0.2) is 0 Å². The molecule has 1 aliphatic rings. The number of carbonyl (C=O) groups is 1. The summed E-state index contributed by atoms with van der Waals surface area (Å²) in [4.78, 5) is 13.4. The van der Waals surface area contributed by atoms with Gasteiger partial charge in [-0.25, -0.2) is 4.79 Å². The maximum Gasteiger partial charge on any atom is 0.410 e. The van der Waals surface area contributed by atoms with Crippen LogP contribution in [-0.4, -0.2) is 43.4 Å². The van der Waals surface area contributed by atoms with Crippen LogP contribution in [-0.2, 0) is 9.47 Å². The van der Waals surface area contributed by atoms with Crippen molar-refractivity contribution in [1.82, 2.24) is 4.90 Å². The molecule has 0 spiro atoms.